The first-order valence-corrected chi connectivity index (χ1v) is 4.72. The van der Waals surface area contributed by atoms with Crippen LogP contribution in [0.1, 0.15) is 29.7 Å². The van der Waals surface area contributed by atoms with E-state index >= 15 is 0 Å². The molecule has 0 aliphatic carbocycles. The molecular weight excluding hydrogens is 176 g/mol. The Morgan fingerprint density at radius 1 is 1.64 bits per heavy atom. The van der Waals surface area contributed by atoms with Crippen LogP contribution in [-0.4, -0.2) is 6.61 Å². The molecule has 3 nitrogen and oxygen atoms in total. The van der Waals surface area contributed by atoms with E-state index in [4.69, 9.17) is 15.7 Å². The predicted molar refractivity (Wildman–Crippen MR) is 53.0 cm³/mol. The van der Waals surface area contributed by atoms with E-state index in [1.54, 1.807) is 0 Å². The first kappa shape index (κ1) is 9.04. The normalized spacial score (nSPS) is 18.5. The predicted octanol–water partition coefficient (Wildman–Crippen LogP) is 1.51. The van der Waals surface area contributed by atoms with E-state index in [0.29, 0.717) is 12.2 Å². The van der Waals surface area contributed by atoms with E-state index in [9.17, 15) is 0 Å². The molecule has 1 atom stereocenters. The Bertz CT molecular complexity index is 406. The maximum atomic E-state index is 8.92. The molecule has 0 aromatic heterocycles. The van der Waals surface area contributed by atoms with Crippen molar-refractivity contribution in [2.45, 2.75) is 19.4 Å². The molecule has 14 heavy (non-hydrogen) atoms. The number of nitrogens with zero attached hydrogens (tertiary/aromatic N) is 1. The largest absolute Gasteiger partial charge is 0.491 e. The third-order valence-electron chi connectivity index (χ3n) is 2.56. The van der Waals surface area contributed by atoms with E-state index in [1.807, 2.05) is 12.1 Å². The van der Waals surface area contributed by atoms with Gasteiger partial charge in [0.25, 0.3) is 0 Å². The highest BCUT2D eigenvalue weighted by atomic mass is 16.5. The van der Waals surface area contributed by atoms with Crippen LogP contribution in [0.5, 0.6) is 5.75 Å². The zero-order valence-corrected chi connectivity index (χ0v) is 8.08. The van der Waals surface area contributed by atoms with Crippen LogP contribution in [0.3, 0.4) is 0 Å². The van der Waals surface area contributed by atoms with Gasteiger partial charge in [-0.05, 0) is 18.1 Å². The highest BCUT2D eigenvalue weighted by molar-refractivity contribution is 5.54. The van der Waals surface area contributed by atoms with Crippen molar-refractivity contribution < 1.29 is 4.74 Å². The summed E-state index contributed by atoms with van der Waals surface area (Å²) in [4.78, 5) is 0. The van der Waals surface area contributed by atoms with E-state index in [-0.39, 0.29) is 6.04 Å². The van der Waals surface area contributed by atoms with Gasteiger partial charge in [-0.3, -0.25) is 0 Å². The molecular formula is C11H12N2O. The summed E-state index contributed by atoms with van der Waals surface area (Å²) >= 11 is 0. The zero-order valence-electron chi connectivity index (χ0n) is 8.08. The van der Waals surface area contributed by atoms with Crippen LogP contribution in [0.25, 0.3) is 0 Å². The highest BCUT2D eigenvalue weighted by Gasteiger charge is 2.26. The summed E-state index contributed by atoms with van der Waals surface area (Å²) in [5.74, 6) is 0.832. The van der Waals surface area contributed by atoms with E-state index in [2.05, 4.69) is 13.0 Å². The molecule has 0 radical (unpaired) electrons. The fourth-order valence-electron chi connectivity index (χ4n) is 1.82. The Morgan fingerprint density at radius 2 is 2.43 bits per heavy atom. The second-order valence-corrected chi connectivity index (χ2v) is 3.40. The lowest BCUT2D eigenvalue weighted by Crippen LogP contribution is -2.11. The topological polar surface area (TPSA) is 59.0 Å². The molecule has 0 amide bonds. The summed E-state index contributed by atoms with van der Waals surface area (Å²) in [6.07, 6.45) is 0.904. The van der Waals surface area contributed by atoms with Crippen molar-refractivity contribution in [3.63, 3.8) is 0 Å². The SMILES string of the molecule is CCc1ccc(C#N)c2c1OC[C@@H]2N. The minimum atomic E-state index is -0.147. The smallest absolute Gasteiger partial charge is 0.128 e. The molecule has 3 heteroatoms. The van der Waals surface area contributed by atoms with Crippen molar-refractivity contribution >= 4 is 0 Å². The molecule has 0 saturated heterocycles. The number of nitrogens with two attached hydrogens (primary N) is 1. The lowest BCUT2D eigenvalue weighted by Gasteiger charge is -2.07. The fraction of sp³-hybridized carbons (Fsp3) is 0.364. The van der Waals surface area contributed by atoms with Gasteiger partial charge in [0, 0.05) is 5.56 Å². The van der Waals surface area contributed by atoms with Crippen LogP contribution >= 0.6 is 0 Å². The van der Waals surface area contributed by atoms with Gasteiger partial charge in [0.05, 0.1) is 17.7 Å². The maximum absolute atomic E-state index is 8.92. The summed E-state index contributed by atoms with van der Waals surface area (Å²) in [7, 11) is 0. The Labute approximate surface area is 83.1 Å². The Morgan fingerprint density at radius 3 is 3.07 bits per heavy atom. The quantitative estimate of drug-likeness (QED) is 0.726. The number of ether oxygens (including phenoxy) is 1. The molecule has 72 valence electrons. The molecule has 0 bridgehead atoms. The molecule has 0 unspecified atom stereocenters. The molecule has 2 rings (SSSR count). The van der Waals surface area contributed by atoms with Gasteiger partial charge < -0.3 is 10.5 Å². The summed E-state index contributed by atoms with van der Waals surface area (Å²) in [5, 5.41) is 8.92. The molecule has 2 N–H and O–H groups in total. The number of nitriles is 1. The monoisotopic (exact) mass is 188 g/mol. The summed E-state index contributed by atoms with van der Waals surface area (Å²) < 4.78 is 5.50. The Balaban J connectivity index is 2.64. The fourth-order valence-corrected chi connectivity index (χ4v) is 1.82. The molecule has 0 saturated carbocycles. The first-order valence-electron chi connectivity index (χ1n) is 4.72. The van der Waals surface area contributed by atoms with E-state index < -0.39 is 0 Å². The van der Waals surface area contributed by atoms with Crippen molar-refractivity contribution in [2.24, 2.45) is 5.73 Å². The van der Waals surface area contributed by atoms with Crippen LogP contribution in [0, 0.1) is 11.3 Å². The van der Waals surface area contributed by atoms with Crippen molar-refractivity contribution in [3.05, 3.63) is 28.8 Å². The number of hydrogen-bond donors (Lipinski definition) is 1. The van der Waals surface area contributed by atoms with Gasteiger partial charge in [-0.1, -0.05) is 13.0 Å². The molecule has 1 heterocycles. The maximum Gasteiger partial charge on any atom is 0.128 e. The van der Waals surface area contributed by atoms with Crippen molar-refractivity contribution in [1.29, 1.82) is 5.26 Å². The lowest BCUT2D eigenvalue weighted by molar-refractivity contribution is 0.331. The summed E-state index contributed by atoms with van der Waals surface area (Å²) in [6.45, 7) is 2.55. The molecule has 1 aromatic rings. The minimum Gasteiger partial charge on any atom is -0.491 e. The zero-order chi connectivity index (χ0) is 10.1. The van der Waals surface area contributed by atoms with Crippen molar-refractivity contribution in [2.75, 3.05) is 6.61 Å². The number of benzene rings is 1. The van der Waals surface area contributed by atoms with E-state index in [0.717, 1.165) is 23.3 Å². The summed E-state index contributed by atoms with van der Waals surface area (Å²) in [6, 6.07) is 5.77. The van der Waals surface area contributed by atoms with Gasteiger partial charge in [0.1, 0.15) is 12.4 Å². The minimum absolute atomic E-state index is 0.147. The van der Waals surface area contributed by atoms with Gasteiger partial charge in [-0.2, -0.15) is 5.26 Å². The van der Waals surface area contributed by atoms with Gasteiger partial charge in [0.2, 0.25) is 0 Å². The van der Waals surface area contributed by atoms with Crippen molar-refractivity contribution in [3.8, 4) is 11.8 Å². The van der Waals surface area contributed by atoms with Crippen LogP contribution in [0.15, 0.2) is 12.1 Å². The van der Waals surface area contributed by atoms with Crippen LogP contribution in [0.4, 0.5) is 0 Å². The third kappa shape index (κ3) is 1.16. The second kappa shape index (κ2) is 3.32. The molecule has 1 aromatic carbocycles. The first-order chi connectivity index (χ1) is 6.77. The van der Waals surface area contributed by atoms with Gasteiger partial charge in [0.15, 0.2) is 0 Å². The van der Waals surface area contributed by atoms with Gasteiger partial charge >= 0.3 is 0 Å². The second-order valence-electron chi connectivity index (χ2n) is 3.40. The van der Waals surface area contributed by atoms with Gasteiger partial charge in [-0.25, -0.2) is 0 Å². The highest BCUT2D eigenvalue weighted by Crippen LogP contribution is 2.36. The summed E-state index contributed by atoms with van der Waals surface area (Å²) in [5.41, 5.74) is 8.52. The number of hydrogen-bond acceptors (Lipinski definition) is 3. The van der Waals surface area contributed by atoms with Crippen LogP contribution < -0.4 is 10.5 Å². The standard InChI is InChI=1S/C11H12N2O/c1-2-7-3-4-8(5-12)10-9(13)6-14-11(7)10/h3-4,9H,2,6,13H2,1H3/t9-/m0/s1. The molecule has 1 aliphatic rings. The molecule has 0 fully saturated rings. The number of aryl methyl sites for hydroxylation is 1. The molecule has 1 aliphatic heterocycles. The van der Waals surface area contributed by atoms with Crippen LogP contribution in [-0.2, 0) is 6.42 Å². The van der Waals surface area contributed by atoms with Crippen LogP contribution in [0.2, 0.25) is 0 Å². The third-order valence-corrected chi connectivity index (χ3v) is 2.56. The average Bonchev–Trinajstić information content (AvgIpc) is 2.60. The Hall–Kier alpha value is -1.53. The average molecular weight is 188 g/mol. The van der Waals surface area contributed by atoms with Crippen molar-refractivity contribution in [1.82, 2.24) is 0 Å². The number of rotatable bonds is 1. The van der Waals surface area contributed by atoms with Gasteiger partial charge in [-0.15, -0.1) is 0 Å². The number of fused-ring (bicyclic) bond motifs is 1. The molecule has 0 spiro atoms. The van der Waals surface area contributed by atoms with E-state index in [1.165, 1.54) is 0 Å². The Kier molecular flexibility index (Phi) is 2.14. The lowest BCUT2D eigenvalue weighted by atomic mass is 9.98.